The molecule has 0 saturated heterocycles. The van der Waals surface area contributed by atoms with Crippen LogP contribution < -0.4 is 4.90 Å². The Morgan fingerprint density at radius 3 is 2.18 bits per heavy atom. The smallest absolute Gasteiger partial charge is 0.159 e. The minimum atomic E-state index is -0.0531. The van der Waals surface area contributed by atoms with E-state index < -0.39 is 0 Å². The molecule has 7 aromatic rings. The molecule has 0 N–H and O–H groups in total. The van der Waals surface area contributed by atoms with Crippen molar-refractivity contribution in [1.82, 2.24) is 0 Å². The third-order valence-corrected chi connectivity index (χ3v) is 8.43. The number of furan rings is 1. The van der Waals surface area contributed by atoms with Gasteiger partial charge in [0.05, 0.1) is 5.69 Å². The van der Waals surface area contributed by atoms with Crippen molar-refractivity contribution in [1.29, 1.82) is 0 Å². The Kier molecular flexibility index (Phi) is 4.60. The van der Waals surface area contributed by atoms with Crippen LogP contribution in [0.2, 0.25) is 0 Å². The molecule has 0 atom stereocenters. The van der Waals surface area contributed by atoms with E-state index in [-0.39, 0.29) is 5.41 Å². The summed E-state index contributed by atoms with van der Waals surface area (Å²) < 4.78 is 6.76. The van der Waals surface area contributed by atoms with Crippen molar-refractivity contribution in [2.45, 2.75) is 19.3 Å². The monoisotopic (exact) mass is 501 g/mol. The first-order chi connectivity index (χ1) is 19.1. The molecule has 0 radical (unpaired) electrons. The Labute approximate surface area is 227 Å². The molecule has 0 bridgehead atoms. The van der Waals surface area contributed by atoms with Gasteiger partial charge in [0.2, 0.25) is 0 Å². The molecule has 0 amide bonds. The second-order valence-corrected chi connectivity index (χ2v) is 11.0. The molecule has 6 aromatic carbocycles. The molecule has 0 spiro atoms. The number of nitrogens with zero attached hydrogens (tertiary/aromatic N) is 1. The summed E-state index contributed by atoms with van der Waals surface area (Å²) in [6, 6.07) is 45.6. The maximum Gasteiger partial charge on any atom is 0.159 e. The van der Waals surface area contributed by atoms with Gasteiger partial charge in [-0.2, -0.15) is 0 Å². The van der Waals surface area contributed by atoms with Crippen LogP contribution in [0.15, 0.2) is 132 Å². The molecule has 0 unspecified atom stereocenters. The minimum Gasteiger partial charge on any atom is -0.454 e. The van der Waals surface area contributed by atoms with Crippen LogP contribution in [0.1, 0.15) is 25.0 Å². The average Bonchev–Trinajstić information content (AvgIpc) is 3.45. The molecule has 39 heavy (non-hydrogen) atoms. The quantitative estimate of drug-likeness (QED) is 0.239. The van der Waals surface area contributed by atoms with Crippen molar-refractivity contribution < 1.29 is 4.42 Å². The zero-order valence-electron chi connectivity index (χ0n) is 22.0. The summed E-state index contributed by atoms with van der Waals surface area (Å²) in [6.07, 6.45) is 0. The predicted octanol–water partition coefficient (Wildman–Crippen LogP) is 10.5. The molecule has 0 aliphatic heterocycles. The summed E-state index contributed by atoms with van der Waals surface area (Å²) in [6.45, 7) is 4.65. The van der Waals surface area contributed by atoms with E-state index in [1.165, 1.54) is 33.0 Å². The van der Waals surface area contributed by atoms with Gasteiger partial charge < -0.3 is 9.32 Å². The van der Waals surface area contributed by atoms with Crippen LogP contribution >= 0.6 is 0 Å². The zero-order valence-corrected chi connectivity index (χ0v) is 22.0. The summed E-state index contributed by atoms with van der Waals surface area (Å²) in [4.78, 5) is 2.31. The highest BCUT2D eigenvalue weighted by atomic mass is 16.3. The predicted molar refractivity (Wildman–Crippen MR) is 163 cm³/mol. The van der Waals surface area contributed by atoms with Crippen LogP contribution in [0.25, 0.3) is 43.8 Å². The number of rotatable bonds is 3. The third kappa shape index (κ3) is 3.21. The van der Waals surface area contributed by atoms with Crippen molar-refractivity contribution in [2.24, 2.45) is 0 Å². The van der Waals surface area contributed by atoms with E-state index in [2.05, 4.69) is 146 Å². The first kappa shape index (κ1) is 22.2. The van der Waals surface area contributed by atoms with Crippen molar-refractivity contribution >= 4 is 49.8 Å². The largest absolute Gasteiger partial charge is 0.454 e. The highest BCUT2D eigenvalue weighted by molar-refractivity contribution is 6.12. The molecule has 8 rings (SSSR count). The van der Waals surface area contributed by atoms with Gasteiger partial charge in [-0.3, -0.25) is 0 Å². The topological polar surface area (TPSA) is 16.4 Å². The number of hydrogen-bond acceptors (Lipinski definition) is 2. The lowest BCUT2D eigenvalue weighted by Crippen LogP contribution is -2.14. The van der Waals surface area contributed by atoms with Gasteiger partial charge in [-0.15, -0.1) is 0 Å². The highest BCUT2D eigenvalue weighted by Crippen LogP contribution is 2.51. The van der Waals surface area contributed by atoms with Gasteiger partial charge in [0.25, 0.3) is 0 Å². The molecule has 0 saturated carbocycles. The lowest BCUT2D eigenvalue weighted by molar-refractivity contribution is 0.658. The van der Waals surface area contributed by atoms with Crippen LogP contribution in [-0.4, -0.2) is 0 Å². The first-order valence-electron chi connectivity index (χ1n) is 13.5. The fourth-order valence-corrected chi connectivity index (χ4v) is 6.47. The number of fused-ring (bicyclic) bond motifs is 7. The van der Waals surface area contributed by atoms with E-state index in [4.69, 9.17) is 4.42 Å². The van der Waals surface area contributed by atoms with Gasteiger partial charge in [-0.1, -0.05) is 98.8 Å². The van der Waals surface area contributed by atoms with Crippen LogP contribution in [0.3, 0.4) is 0 Å². The Hall–Kier alpha value is -4.82. The summed E-state index contributed by atoms with van der Waals surface area (Å²) in [5.74, 6) is 0. The maximum absolute atomic E-state index is 6.76. The highest BCUT2D eigenvalue weighted by Gasteiger charge is 2.36. The van der Waals surface area contributed by atoms with Crippen LogP contribution in [0, 0.1) is 0 Å². The molecule has 0 fully saturated rings. The second-order valence-electron chi connectivity index (χ2n) is 11.0. The number of para-hydroxylation sites is 2. The van der Waals surface area contributed by atoms with Gasteiger partial charge in [-0.25, -0.2) is 0 Å². The van der Waals surface area contributed by atoms with Crippen LogP contribution in [0.5, 0.6) is 0 Å². The second kappa shape index (κ2) is 8.09. The van der Waals surface area contributed by atoms with E-state index in [1.54, 1.807) is 0 Å². The van der Waals surface area contributed by atoms with E-state index >= 15 is 0 Å². The molecule has 1 aliphatic rings. The van der Waals surface area contributed by atoms with E-state index in [0.29, 0.717) is 0 Å². The lowest BCUT2D eigenvalue weighted by atomic mass is 9.82. The summed E-state index contributed by atoms with van der Waals surface area (Å²) in [5.41, 5.74) is 10.3. The van der Waals surface area contributed by atoms with Crippen molar-refractivity contribution in [3.05, 3.63) is 139 Å². The number of anilines is 3. The molecule has 2 nitrogen and oxygen atoms in total. The number of hydrogen-bond donors (Lipinski definition) is 0. The van der Waals surface area contributed by atoms with Crippen molar-refractivity contribution in [3.63, 3.8) is 0 Å². The standard InChI is InChI=1S/C37H27NO/c1-37(2)32-17-9-8-15-28(32)30-23-35-31(22-33(30)37)29-16-10-18-34(36(29)39-35)38(26-13-4-3-5-14-26)27-20-19-24-11-6-7-12-25(24)21-27/h3-23H,1-2H3. The Morgan fingerprint density at radius 1 is 0.538 bits per heavy atom. The molecular weight excluding hydrogens is 474 g/mol. The molecule has 1 aliphatic carbocycles. The SMILES string of the molecule is CC1(C)c2ccccc2-c2cc3oc4c(N(c5ccccc5)c5ccc6ccccc6c5)cccc4c3cc21. The van der Waals surface area contributed by atoms with E-state index in [0.717, 1.165) is 39.0 Å². The normalized spacial score (nSPS) is 13.6. The Balaban J connectivity index is 1.39. The fourth-order valence-electron chi connectivity index (χ4n) is 6.47. The number of benzene rings is 6. The van der Waals surface area contributed by atoms with Gasteiger partial charge in [-0.05, 0) is 75.5 Å². The van der Waals surface area contributed by atoms with Crippen LogP contribution in [-0.2, 0) is 5.41 Å². The van der Waals surface area contributed by atoms with Crippen LogP contribution in [0.4, 0.5) is 17.1 Å². The lowest BCUT2D eigenvalue weighted by Gasteiger charge is -2.25. The Bertz CT molecular complexity index is 2050. The minimum absolute atomic E-state index is 0.0531. The molecular formula is C37H27NO. The van der Waals surface area contributed by atoms with Gasteiger partial charge >= 0.3 is 0 Å². The molecule has 2 heteroatoms. The fraction of sp³-hybridized carbons (Fsp3) is 0.0811. The third-order valence-electron chi connectivity index (χ3n) is 8.43. The van der Waals surface area contributed by atoms with E-state index in [9.17, 15) is 0 Å². The van der Waals surface area contributed by atoms with Crippen molar-refractivity contribution in [2.75, 3.05) is 4.90 Å². The first-order valence-corrected chi connectivity index (χ1v) is 13.5. The summed E-state index contributed by atoms with van der Waals surface area (Å²) >= 11 is 0. The summed E-state index contributed by atoms with van der Waals surface area (Å²) in [5, 5.41) is 4.75. The molecule has 1 heterocycles. The molecule has 1 aromatic heterocycles. The molecule has 186 valence electrons. The van der Waals surface area contributed by atoms with Gasteiger partial charge in [0.1, 0.15) is 5.58 Å². The maximum atomic E-state index is 6.76. The van der Waals surface area contributed by atoms with Gasteiger partial charge in [0, 0.05) is 27.6 Å². The Morgan fingerprint density at radius 2 is 1.31 bits per heavy atom. The average molecular weight is 502 g/mol. The van der Waals surface area contributed by atoms with Crippen molar-refractivity contribution in [3.8, 4) is 11.1 Å². The van der Waals surface area contributed by atoms with Gasteiger partial charge in [0.15, 0.2) is 5.58 Å². The summed E-state index contributed by atoms with van der Waals surface area (Å²) in [7, 11) is 0. The zero-order chi connectivity index (χ0) is 26.1. The van der Waals surface area contributed by atoms with E-state index in [1.807, 2.05) is 0 Å².